The van der Waals surface area contributed by atoms with Crippen molar-refractivity contribution in [2.45, 2.75) is 17.7 Å². The molecule has 3 aromatic rings. The number of fused-ring (bicyclic) bond motifs is 1. The van der Waals surface area contributed by atoms with Crippen LogP contribution in [-0.2, 0) is 14.8 Å². The van der Waals surface area contributed by atoms with Crippen molar-refractivity contribution in [2.24, 2.45) is 5.92 Å². The van der Waals surface area contributed by atoms with Crippen molar-refractivity contribution in [1.29, 1.82) is 0 Å². The molecule has 1 fully saturated rings. The van der Waals surface area contributed by atoms with Gasteiger partial charge in [-0.2, -0.15) is 4.31 Å². The minimum Gasteiger partial charge on any atom is -0.324 e. The third-order valence-electron chi connectivity index (χ3n) is 5.02. The summed E-state index contributed by atoms with van der Waals surface area (Å²) in [5.41, 5.74) is 0.913. The van der Waals surface area contributed by atoms with Gasteiger partial charge in [0.25, 0.3) is 0 Å². The molecule has 0 bridgehead atoms. The average Bonchev–Trinajstić information content (AvgIpc) is 2.74. The lowest BCUT2D eigenvalue weighted by atomic mass is 9.99. The molecule has 1 aliphatic rings. The Bertz CT molecular complexity index is 1210. The summed E-state index contributed by atoms with van der Waals surface area (Å²) in [5.74, 6) is -0.649. The van der Waals surface area contributed by atoms with Crippen LogP contribution in [0.25, 0.3) is 10.9 Å². The number of amides is 1. The number of carbonyl (C=O) groups excluding carboxylic acids is 1. The van der Waals surface area contributed by atoms with Gasteiger partial charge in [-0.15, -0.1) is 0 Å². The van der Waals surface area contributed by atoms with Crippen LogP contribution in [-0.4, -0.2) is 41.7 Å². The number of piperidine rings is 1. The van der Waals surface area contributed by atoms with Gasteiger partial charge in [0.2, 0.25) is 21.5 Å². The zero-order chi connectivity index (χ0) is 20.4. The summed E-state index contributed by atoms with van der Waals surface area (Å²) in [6, 6.07) is 11.0. The molecule has 0 radical (unpaired) electrons. The molecule has 0 unspecified atom stereocenters. The molecule has 1 amide bonds. The van der Waals surface area contributed by atoms with Gasteiger partial charge in [0, 0.05) is 30.9 Å². The quantitative estimate of drug-likeness (QED) is 0.680. The molecule has 9 heteroatoms. The van der Waals surface area contributed by atoms with Gasteiger partial charge in [0.15, 0.2) is 0 Å². The van der Waals surface area contributed by atoms with Gasteiger partial charge in [-0.05, 0) is 54.6 Å². The Morgan fingerprint density at radius 2 is 2.07 bits per heavy atom. The Balaban J connectivity index is 1.54. The molecule has 8 nitrogen and oxygen atoms in total. The van der Waals surface area contributed by atoms with Crippen LogP contribution in [0.2, 0.25) is 0 Å². The van der Waals surface area contributed by atoms with Crippen LogP contribution in [0.4, 0.5) is 5.69 Å². The molecule has 2 aromatic heterocycles. The van der Waals surface area contributed by atoms with Crippen LogP contribution in [0.1, 0.15) is 12.8 Å². The normalized spacial score (nSPS) is 17.9. The summed E-state index contributed by atoms with van der Waals surface area (Å²) >= 11 is 0. The average molecular weight is 412 g/mol. The van der Waals surface area contributed by atoms with Crippen LogP contribution in [0.5, 0.6) is 0 Å². The predicted molar refractivity (Wildman–Crippen MR) is 109 cm³/mol. The molecule has 4 rings (SSSR count). The number of H-pyrrole nitrogens is 1. The monoisotopic (exact) mass is 412 g/mol. The molecule has 3 heterocycles. The first-order valence-electron chi connectivity index (χ1n) is 9.28. The van der Waals surface area contributed by atoms with Gasteiger partial charge in [-0.25, -0.2) is 8.42 Å². The summed E-state index contributed by atoms with van der Waals surface area (Å²) in [6.07, 6.45) is 4.39. The molecule has 1 saturated heterocycles. The number of sulfonamides is 1. The number of nitrogens with zero attached hydrogens (tertiary/aromatic N) is 2. The highest BCUT2D eigenvalue weighted by Crippen LogP contribution is 2.26. The minimum atomic E-state index is -3.75. The number of aromatic amines is 1. The van der Waals surface area contributed by atoms with E-state index in [0.717, 1.165) is 0 Å². The lowest BCUT2D eigenvalue weighted by Gasteiger charge is -2.31. The van der Waals surface area contributed by atoms with E-state index >= 15 is 0 Å². The number of hydrogen-bond donors (Lipinski definition) is 2. The molecule has 29 heavy (non-hydrogen) atoms. The van der Waals surface area contributed by atoms with Crippen LogP contribution in [0, 0.1) is 5.92 Å². The van der Waals surface area contributed by atoms with Gasteiger partial charge in [0.1, 0.15) is 0 Å². The maximum Gasteiger partial charge on any atom is 0.248 e. The third-order valence-corrected chi connectivity index (χ3v) is 6.88. The fourth-order valence-corrected chi connectivity index (χ4v) is 5.06. The number of carbonyl (C=O) groups is 1. The molecule has 150 valence electrons. The van der Waals surface area contributed by atoms with Crippen molar-refractivity contribution in [3.05, 3.63) is 65.2 Å². The molecule has 1 aliphatic heterocycles. The molecular weight excluding hydrogens is 392 g/mol. The Kier molecular flexibility index (Phi) is 5.16. The van der Waals surface area contributed by atoms with E-state index in [0.29, 0.717) is 36.0 Å². The zero-order valence-corrected chi connectivity index (χ0v) is 16.4. The predicted octanol–water partition coefficient (Wildman–Crippen LogP) is 1.96. The highest BCUT2D eigenvalue weighted by atomic mass is 32.2. The Morgan fingerprint density at radius 3 is 2.86 bits per heavy atom. The summed E-state index contributed by atoms with van der Waals surface area (Å²) < 4.78 is 27.6. The minimum absolute atomic E-state index is 0.123. The number of pyridine rings is 2. The van der Waals surface area contributed by atoms with Crippen LogP contribution in [0.3, 0.4) is 0 Å². The van der Waals surface area contributed by atoms with E-state index in [9.17, 15) is 18.0 Å². The fourth-order valence-electron chi connectivity index (χ4n) is 3.50. The summed E-state index contributed by atoms with van der Waals surface area (Å²) in [5, 5.41) is 3.43. The number of anilines is 1. The molecule has 1 atom stereocenters. The SMILES string of the molecule is O=C(Nc1cccnc1)[C@@H]1CCCN(S(=O)(=O)c2ccc3[nH]c(=O)ccc3c2)C1. The van der Waals surface area contributed by atoms with Crippen LogP contribution < -0.4 is 10.9 Å². The lowest BCUT2D eigenvalue weighted by Crippen LogP contribution is -2.43. The summed E-state index contributed by atoms with van der Waals surface area (Å²) in [4.78, 5) is 30.8. The highest BCUT2D eigenvalue weighted by molar-refractivity contribution is 7.89. The molecule has 0 aliphatic carbocycles. The van der Waals surface area contributed by atoms with Crippen molar-refractivity contribution in [3.8, 4) is 0 Å². The molecule has 0 saturated carbocycles. The maximum absolute atomic E-state index is 13.1. The number of nitrogens with one attached hydrogen (secondary N) is 2. The van der Waals surface area contributed by atoms with E-state index in [1.807, 2.05) is 0 Å². The van der Waals surface area contributed by atoms with Crippen LogP contribution in [0.15, 0.2) is 64.5 Å². The fraction of sp³-hybridized carbons (Fsp3) is 0.250. The van der Waals surface area contributed by atoms with Gasteiger partial charge in [-0.1, -0.05) is 0 Å². The van der Waals surface area contributed by atoms with E-state index in [1.54, 1.807) is 42.7 Å². The second kappa shape index (κ2) is 7.76. The highest BCUT2D eigenvalue weighted by Gasteiger charge is 2.33. The first kappa shape index (κ1) is 19.3. The lowest BCUT2D eigenvalue weighted by molar-refractivity contribution is -0.120. The van der Waals surface area contributed by atoms with Gasteiger partial charge in [-0.3, -0.25) is 14.6 Å². The van der Waals surface area contributed by atoms with Crippen molar-refractivity contribution in [2.75, 3.05) is 18.4 Å². The first-order chi connectivity index (χ1) is 13.9. The molecule has 0 spiro atoms. The van der Waals surface area contributed by atoms with Crippen LogP contribution >= 0.6 is 0 Å². The third kappa shape index (κ3) is 4.06. The Morgan fingerprint density at radius 1 is 1.21 bits per heavy atom. The van der Waals surface area contributed by atoms with E-state index in [1.165, 1.54) is 16.4 Å². The summed E-state index contributed by atoms with van der Waals surface area (Å²) in [6.45, 7) is 0.487. The standard InChI is InChI=1S/C20H20N4O4S/c25-19-8-5-14-11-17(6-7-18(14)23-19)29(27,28)24-10-2-3-15(13-24)20(26)22-16-4-1-9-21-12-16/h1,4-9,11-12,15H,2-3,10,13H2,(H,22,26)(H,23,25)/t15-/m1/s1. The largest absolute Gasteiger partial charge is 0.324 e. The van der Waals surface area contributed by atoms with Gasteiger partial charge in [0.05, 0.1) is 22.7 Å². The zero-order valence-electron chi connectivity index (χ0n) is 15.5. The number of benzene rings is 1. The first-order valence-corrected chi connectivity index (χ1v) is 10.7. The number of rotatable bonds is 4. The van der Waals surface area contributed by atoms with Crippen molar-refractivity contribution >= 4 is 32.5 Å². The van der Waals surface area contributed by atoms with E-state index < -0.39 is 15.9 Å². The van der Waals surface area contributed by atoms with Gasteiger partial charge >= 0.3 is 0 Å². The Labute approximate surface area is 167 Å². The van der Waals surface area contributed by atoms with Gasteiger partial charge < -0.3 is 10.3 Å². The smallest absolute Gasteiger partial charge is 0.248 e. The van der Waals surface area contributed by atoms with E-state index in [-0.39, 0.29) is 22.9 Å². The molecule has 1 aromatic carbocycles. The van der Waals surface area contributed by atoms with Crippen molar-refractivity contribution < 1.29 is 13.2 Å². The summed E-state index contributed by atoms with van der Waals surface area (Å²) in [7, 11) is -3.75. The van der Waals surface area contributed by atoms with E-state index in [4.69, 9.17) is 0 Å². The number of hydrogen-bond acceptors (Lipinski definition) is 5. The topological polar surface area (TPSA) is 112 Å². The van der Waals surface area contributed by atoms with Crippen molar-refractivity contribution in [3.63, 3.8) is 0 Å². The molecular formula is C20H20N4O4S. The van der Waals surface area contributed by atoms with E-state index in [2.05, 4.69) is 15.3 Å². The maximum atomic E-state index is 13.1. The number of aromatic nitrogens is 2. The Hall–Kier alpha value is -3.04. The van der Waals surface area contributed by atoms with Crippen molar-refractivity contribution in [1.82, 2.24) is 14.3 Å². The second-order valence-corrected chi connectivity index (χ2v) is 8.94. The molecule has 2 N–H and O–H groups in total. The second-order valence-electron chi connectivity index (χ2n) is 7.00.